The number of nitrogens with one attached hydrogen (secondary N) is 2. The van der Waals surface area contributed by atoms with Crippen molar-refractivity contribution in [3.05, 3.63) is 42.1 Å². The summed E-state index contributed by atoms with van der Waals surface area (Å²) in [5.41, 5.74) is 0.697. The third kappa shape index (κ3) is 9.23. The Morgan fingerprint density at radius 2 is 1.66 bits per heavy atom. The average Bonchev–Trinajstić information content (AvgIpc) is 3.77. The molecule has 5 rings (SSSR count). The zero-order chi connectivity index (χ0) is 35.8. The van der Waals surface area contributed by atoms with Gasteiger partial charge in [0.05, 0.1) is 0 Å². The molecule has 16 heteroatoms. The van der Waals surface area contributed by atoms with Gasteiger partial charge in [0.1, 0.15) is 0 Å². The number of carbonyl (C=O) groups excluding carboxylic acids is 5. The first-order chi connectivity index (χ1) is 24.0. The van der Waals surface area contributed by atoms with Crippen LogP contribution in [0.15, 0.2) is 36.4 Å². The Bertz CT molecular complexity index is 1560. The fraction of sp³-hybridized carbons (Fsp3) is 0.559. The van der Waals surface area contributed by atoms with E-state index in [4.69, 9.17) is 4.74 Å². The van der Waals surface area contributed by atoms with Crippen LogP contribution < -0.4 is 15.4 Å². The van der Waals surface area contributed by atoms with E-state index >= 15 is 0 Å². The topological polar surface area (TPSA) is 183 Å². The molecule has 0 radical (unpaired) electrons. The first-order valence-electron chi connectivity index (χ1n) is 17.2. The standard InChI is InChI=1S/C34H46AsN7O8/c1-22(2)31(45)36-14-13-25(33(47)39-16-18-40(19-17-39)34(48)49)35-30(44)26-20-29(42(38-26)24-10-4-3-5-11-24)50-21-28(43)41-15-7-12-27(41)32(46)37-23-8-6-9-23/h3-5,10-11,20,22-23,25,27,35H,6-9,12-19,21H2,1-2H3,(H,36,45)(H,37,46)(H,48,49)/t25-,27-/m0/s1. The molecule has 1 saturated carbocycles. The number of piperazine rings is 1. The first-order valence-corrected chi connectivity index (χ1v) is 19.5. The molecule has 1 aliphatic carbocycles. The molecule has 1 aromatic heterocycles. The van der Waals surface area contributed by atoms with Gasteiger partial charge in [0.25, 0.3) is 0 Å². The molecule has 270 valence electrons. The molecule has 3 aliphatic rings. The second-order valence-corrected chi connectivity index (χ2v) is 16.2. The minimum atomic E-state index is -1.68. The van der Waals surface area contributed by atoms with E-state index in [1.54, 1.807) is 47.9 Å². The number of hydrogen-bond acceptors (Lipinski definition) is 8. The van der Waals surface area contributed by atoms with E-state index in [0.29, 0.717) is 18.7 Å². The van der Waals surface area contributed by atoms with Gasteiger partial charge in [-0.2, -0.15) is 0 Å². The summed E-state index contributed by atoms with van der Waals surface area (Å²) in [6.45, 7) is 4.64. The number of ether oxygens (including phenoxy) is 1. The molecule has 0 bridgehead atoms. The summed E-state index contributed by atoms with van der Waals surface area (Å²) in [4.78, 5) is 81.8. The van der Waals surface area contributed by atoms with Crippen LogP contribution in [0.4, 0.5) is 4.79 Å². The van der Waals surface area contributed by atoms with Crippen LogP contribution in [0, 0.1) is 5.92 Å². The molecule has 1 aromatic carbocycles. The van der Waals surface area contributed by atoms with Crippen molar-refractivity contribution in [2.45, 2.75) is 69.2 Å². The fourth-order valence-electron chi connectivity index (χ4n) is 6.11. The van der Waals surface area contributed by atoms with E-state index in [0.717, 1.165) is 25.7 Å². The molecular weight excluding hydrogens is 709 g/mol. The maximum absolute atomic E-state index is 13.8. The van der Waals surface area contributed by atoms with Crippen LogP contribution in [0.2, 0.25) is 4.71 Å². The summed E-state index contributed by atoms with van der Waals surface area (Å²) < 4.78 is 6.47. The molecule has 3 atom stereocenters. The summed E-state index contributed by atoms with van der Waals surface area (Å²) >= 11 is -1.68. The Morgan fingerprint density at radius 1 is 0.960 bits per heavy atom. The van der Waals surface area contributed by atoms with Crippen LogP contribution in [0.25, 0.3) is 5.69 Å². The number of aromatic nitrogens is 2. The van der Waals surface area contributed by atoms with Crippen molar-refractivity contribution in [3.63, 3.8) is 0 Å². The molecule has 50 heavy (non-hydrogen) atoms. The van der Waals surface area contributed by atoms with Crippen LogP contribution in [0.3, 0.4) is 0 Å². The van der Waals surface area contributed by atoms with Gasteiger partial charge < -0.3 is 0 Å². The van der Waals surface area contributed by atoms with Crippen LogP contribution in [-0.2, 0) is 19.2 Å². The van der Waals surface area contributed by atoms with Crippen molar-refractivity contribution in [3.8, 4) is 11.6 Å². The monoisotopic (exact) mass is 755 g/mol. The second-order valence-electron chi connectivity index (χ2n) is 13.1. The normalized spacial score (nSPS) is 18.6. The van der Waals surface area contributed by atoms with E-state index < -0.39 is 32.6 Å². The van der Waals surface area contributed by atoms with Crippen molar-refractivity contribution >= 4 is 50.0 Å². The third-order valence-electron chi connectivity index (χ3n) is 9.30. The molecule has 3 heterocycles. The summed E-state index contributed by atoms with van der Waals surface area (Å²) in [6.07, 6.45) is 3.52. The molecule has 0 spiro atoms. The van der Waals surface area contributed by atoms with Gasteiger partial charge in [-0.15, -0.1) is 0 Å². The summed E-state index contributed by atoms with van der Waals surface area (Å²) in [5.74, 6) is -0.938. The molecule has 5 amide bonds. The van der Waals surface area contributed by atoms with Crippen molar-refractivity contribution < 1.29 is 38.6 Å². The number of carboxylic acid groups (broad SMARTS) is 1. The van der Waals surface area contributed by atoms with E-state index in [2.05, 4.69) is 15.7 Å². The Balaban J connectivity index is 1.29. The van der Waals surface area contributed by atoms with E-state index in [1.165, 1.54) is 15.6 Å². The summed E-state index contributed by atoms with van der Waals surface area (Å²) in [5, 5.41) is 19.7. The Labute approximate surface area is 297 Å². The van der Waals surface area contributed by atoms with Crippen molar-refractivity contribution in [2.24, 2.45) is 5.92 Å². The van der Waals surface area contributed by atoms with Gasteiger partial charge in [-0.05, 0) is 19.3 Å². The zero-order valence-electron chi connectivity index (χ0n) is 28.5. The van der Waals surface area contributed by atoms with Crippen molar-refractivity contribution in [2.75, 3.05) is 45.9 Å². The van der Waals surface area contributed by atoms with Gasteiger partial charge in [0.2, 0.25) is 0 Å². The van der Waals surface area contributed by atoms with E-state index in [9.17, 15) is 33.9 Å². The van der Waals surface area contributed by atoms with Crippen molar-refractivity contribution in [1.29, 1.82) is 0 Å². The van der Waals surface area contributed by atoms with Gasteiger partial charge in [-0.3, -0.25) is 0 Å². The second kappa shape index (κ2) is 17.0. The number of carbonyl (C=O) groups is 6. The van der Waals surface area contributed by atoms with Crippen LogP contribution >= 0.6 is 0 Å². The molecule has 2 aliphatic heterocycles. The number of amides is 5. The number of hydrogen-bond donors (Lipinski definition) is 3. The van der Waals surface area contributed by atoms with Crippen molar-refractivity contribution in [1.82, 2.24) is 35.1 Å². The maximum atomic E-state index is 13.8. The number of para-hydroxylation sites is 1. The molecule has 1 unspecified atom stereocenters. The Morgan fingerprint density at radius 3 is 2.30 bits per heavy atom. The number of likely N-dealkylation sites (tertiary alicyclic amines) is 1. The van der Waals surface area contributed by atoms with E-state index in [1.807, 2.05) is 6.07 Å². The molecule has 2 aromatic rings. The van der Waals surface area contributed by atoms with Gasteiger partial charge in [0.15, 0.2) is 0 Å². The summed E-state index contributed by atoms with van der Waals surface area (Å²) in [7, 11) is 0. The molecule has 2 saturated heterocycles. The molecule has 3 N–H and O–H groups in total. The molecule has 3 fully saturated rings. The first kappa shape index (κ1) is 36.9. The fourth-order valence-corrected chi connectivity index (χ4v) is 8.59. The minimum absolute atomic E-state index is 0.0925. The molecule has 15 nitrogen and oxygen atoms in total. The van der Waals surface area contributed by atoms with Gasteiger partial charge >= 0.3 is 279 Å². The SMILES string of the molecule is CC(C)C(=O)NCC[C@H]([AsH]C(=O)c1cc(OCC(=O)N2CCC[C@H]2C(=O)NC2CCC2)n(-c2ccccc2)n1)C(=O)N1CCN(C(=O)O)CC1. The average molecular weight is 756 g/mol. The predicted octanol–water partition coefficient (Wildman–Crippen LogP) is 1.26. The van der Waals surface area contributed by atoms with Gasteiger partial charge in [0, 0.05) is 0 Å². The number of benzene rings is 1. The van der Waals surface area contributed by atoms with Gasteiger partial charge in [-0.1, -0.05) is 0 Å². The van der Waals surface area contributed by atoms with Crippen LogP contribution in [-0.4, -0.2) is 138 Å². The molecular formula is C34H46AsN7O8. The summed E-state index contributed by atoms with van der Waals surface area (Å²) in [6, 6.07) is 10.1. The number of rotatable bonds is 14. The number of nitrogens with zero attached hydrogens (tertiary/aromatic N) is 5. The van der Waals surface area contributed by atoms with E-state index in [-0.39, 0.29) is 97.5 Å². The quantitative estimate of drug-likeness (QED) is 0.239. The Hall–Kier alpha value is -4.39. The van der Waals surface area contributed by atoms with Crippen LogP contribution in [0.5, 0.6) is 5.88 Å². The van der Waals surface area contributed by atoms with Crippen LogP contribution in [0.1, 0.15) is 62.9 Å². The zero-order valence-corrected chi connectivity index (χ0v) is 30.6. The van der Waals surface area contributed by atoms with Gasteiger partial charge in [-0.25, -0.2) is 0 Å². The Kier molecular flexibility index (Phi) is 12.5. The third-order valence-corrected chi connectivity index (χ3v) is 12.2. The predicted molar refractivity (Wildman–Crippen MR) is 183 cm³/mol.